The van der Waals surface area contributed by atoms with Crippen LogP contribution < -0.4 is 4.74 Å². The zero-order valence-electron chi connectivity index (χ0n) is 10.3. The van der Waals surface area contributed by atoms with Crippen molar-refractivity contribution in [1.29, 1.82) is 0 Å². The van der Waals surface area contributed by atoms with Gasteiger partial charge in [-0.2, -0.15) is 9.59 Å². The number of rotatable bonds is 3. The summed E-state index contributed by atoms with van der Waals surface area (Å²) in [4.78, 5) is 27.4. The van der Waals surface area contributed by atoms with Gasteiger partial charge < -0.3 is 4.74 Å². The molecule has 1 fully saturated rings. The van der Waals surface area contributed by atoms with Gasteiger partial charge in [0.05, 0.1) is 6.61 Å². The van der Waals surface area contributed by atoms with Gasteiger partial charge in [0.15, 0.2) is 0 Å². The van der Waals surface area contributed by atoms with Crippen molar-refractivity contribution in [2.24, 2.45) is 0 Å². The lowest BCUT2D eigenvalue weighted by atomic mass is 9.98. The van der Waals surface area contributed by atoms with E-state index in [1.165, 1.54) is 5.56 Å². The monoisotopic (exact) mass is 248 g/mol. The minimum atomic E-state index is 0.250. The predicted molar refractivity (Wildman–Crippen MR) is 64.2 cm³/mol. The lowest BCUT2D eigenvalue weighted by Gasteiger charge is -2.09. The molecule has 0 radical (unpaired) electrons. The van der Waals surface area contributed by atoms with Crippen molar-refractivity contribution in [3.8, 4) is 5.75 Å². The Morgan fingerprint density at radius 3 is 2.33 bits per heavy atom. The van der Waals surface area contributed by atoms with Crippen molar-refractivity contribution in [3.05, 3.63) is 29.8 Å². The maximum absolute atomic E-state index is 11.2. The summed E-state index contributed by atoms with van der Waals surface area (Å²) in [6, 6.07) is 8.13. The summed E-state index contributed by atoms with van der Waals surface area (Å²) in [6.07, 6.45) is 2.72. The van der Waals surface area contributed by atoms with Crippen LogP contribution in [0.25, 0.3) is 0 Å². The molecule has 0 N–H and O–H groups in total. The van der Waals surface area contributed by atoms with Gasteiger partial charge in [-0.25, -0.2) is 0 Å². The fraction of sp³-hybridized carbons (Fsp3) is 0.429. The Kier molecular flexibility index (Phi) is 5.81. The number of benzene rings is 1. The Balaban J connectivity index is 0.000000492. The lowest BCUT2D eigenvalue weighted by Crippen LogP contribution is -1.95. The number of carbonyl (C=O) groups excluding carboxylic acids is 3. The molecule has 1 saturated carbocycles. The van der Waals surface area contributed by atoms with Crippen LogP contribution in [0.3, 0.4) is 0 Å². The molecule has 0 heterocycles. The molecule has 4 heteroatoms. The molecule has 0 aliphatic heterocycles. The molecular weight excluding hydrogens is 232 g/mol. The number of ketones is 1. The Morgan fingerprint density at radius 2 is 1.89 bits per heavy atom. The van der Waals surface area contributed by atoms with Gasteiger partial charge in [-0.1, -0.05) is 12.1 Å². The first kappa shape index (κ1) is 14.1. The quantitative estimate of drug-likeness (QED) is 0.823. The number of ether oxygens (including phenoxy) is 1. The molecule has 0 aromatic heterocycles. The smallest absolute Gasteiger partial charge is 0.373 e. The van der Waals surface area contributed by atoms with E-state index in [2.05, 4.69) is 12.1 Å². The highest BCUT2D eigenvalue weighted by atomic mass is 16.5. The van der Waals surface area contributed by atoms with Crippen LogP contribution in [0.5, 0.6) is 5.75 Å². The van der Waals surface area contributed by atoms with E-state index in [1.54, 1.807) is 0 Å². The van der Waals surface area contributed by atoms with Crippen LogP contribution in [0, 0.1) is 0 Å². The summed E-state index contributed by atoms with van der Waals surface area (Å²) in [5.74, 6) is 1.74. The molecule has 1 aromatic carbocycles. The average molecular weight is 248 g/mol. The Morgan fingerprint density at radius 1 is 1.28 bits per heavy atom. The van der Waals surface area contributed by atoms with Crippen molar-refractivity contribution in [2.75, 3.05) is 6.61 Å². The normalized spacial score (nSPS) is 17.6. The molecule has 0 amide bonds. The first-order valence-electron chi connectivity index (χ1n) is 5.95. The van der Waals surface area contributed by atoms with E-state index in [0.717, 1.165) is 18.6 Å². The van der Waals surface area contributed by atoms with E-state index in [0.29, 0.717) is 24.7 Å². The zero-order valence-corrected chi connectivity index (χ0v) is 10.3. The second kappa shape index (κ2) is 7.41. The summed E-state index contributed by atoms with van der Waals surface area (Å²) >= 11 is 0. The molecule has 1 aliphatic carbocycles. The Hall–Kier alpha value is -1.93. The third-order valence-corrected chi connectivity index (χ3v) is 2.91. The van der Waals surface area contributed by atoms with Gasteiger partial charge in [-0.15, -0.1) is 0 Å². The van der Waals surface area contributed by atoms with Crippen molar-refractivity contribution < 1.29 is 19.1 Å². The molecule has 1 atom stereocenters. The lowest BCUT2D eigenvalue weighted by molar-refractivity contribution is -0.191. The van der Waals surface area contributed by atoms with Crippen LogP contribution in [0.2, 0.25) is 0 Å². The predicted octanol–water partition coefficient (Wildman–Crippen LogP) is 2.34. The summed E-state index contributed by atoms with van der Waals surface area (Å²) in [7, 11) is 0. The fourth-order valence-electron chi connectivity index (χ4n) is 2.10. The van der Waals surface area contributed by atoms with Crippen molar-refractivity contribution in [2.45, 2.75) is 32.1 Å². The number of Topliss-reactive ketones (excluding diaryl/α,β-unsaturated/α-hetero) is 1. The molecule has 2 rings (SSSR count). The molecule has 0 saturated heterocycles. The molecule has 1 aromatic rings. The molecule has 18 heavy (non-hydrogen) atoms. The topological polar surface area (TPSA) is 60.4 Å². The number of carbonyl (C=O) groups is 1. The molecule has 96 valence electrons. The third kappa shape index (κ3) is 4.15. The molecule has 0 unspecified atom stereocenters. The van der Waals surface area contributed by atoms with Gasteiger partial charge in [-0.05, 0) is 37.0 Å². The van der Waals surface area contributed by atoms with Gasteiger partial charge >= 0.3 is 6.15 Å². The minimum absolute atomic E-state index is 0.250. The molecular formula is C14H16O4. The van der Waals surface area contributed by atoms with E-state index in [4.69, 9.17) is 14.3 Å². The van der Waals surface area contributed by atoms with E-state index in [-0.39, 0.29) is 6.15 Å². The Bertz CT molecular complexity index is 416. The first-order valence-corrected chi connectivity index (χ1v) is 5.95. The third-order valence-electron chi connectivity index (χ3n) is 2.91. The molecule has 1 aliphatic rings. The SMILES string of the molecule is CCOc1ccc([C@@H]2CCC(=O)C2)cc1.O=C=O. The van der Waals surface area contributed by atoms with Crippen molar-refractivity contribution in [1.82, 2.24) is 0 Å². The standard InChI is InChI=1S/C13H16O2.CO2/c1-2-15-13-7-4-10(5-8-13)11-3-6-12(14)9-11;2-1-3/h4-5,7-8,11H,2-3,6,9H2,1H3;/t11-;/m1./s1. The average Bonchev–Trinajstić information content (AvgIpc) is 2.78. The summed E-state index contributed by atoms with van der Waals surface area (Å²) < 4.78 is 5.38. The first-order chi connectivity index (χ1) is 8.71. The highest BCUT2D eigenvalue weighted by Crippen LogP contribution is 2.32. The van der Waals surface area contributed by atoms with Gasteiger partial charge in [0, 0.05) is 12.8 Å². The second-order valence-corrected chi connectivity index (χ2v) is 4.06. The summed E-state index contributed by atoms with van der Waals surface area (Å²) in [6.45, 7) is 2.67. The van der Waals surface area contributed by atoms with E-state index < -0.39 is 0 Å². The highest BCUT2D eigenvalue weighted by molar-refractivity contribution is 5.81. The summed E-state index contributed by atoms with van der Waals surface area (Å²) in [5, 5.41) is 0. The molecule has 4 nitrogen and oxygen atoms in total. The van der Waals surface area contributed by atoms with Crippen LogP contribution in [0.4, 0.5) is 0 Å². The largest absolute Gasteiger partial charge is 0.494 e. The zero-order chi connectivity index (χ0) is 13.4. The maximum Gasteiger partial charge on any atom is 0.373 e. The van der Waals surface area contributed by atoms with Crippen LogP contribution in [-0.4, -0.2) is 18.5 Å². The fourth-order valence-corrected chi connectivity index (χ4v) is 2.10. The van der Waals surface area contributed by atoms with Gasteiger partial charge in [0.25, 0.3) is 0 Å². The van der Waals surface area contributed by atoms with E-state index in [1.807, 2.05) is 19.1 Å². The molecule has 0 bridgehead atoms. The summed E-state index contributed by atoms with van der Waals surface area (Å²) in [5.41, 5.74) is 1.27. The van der Waals surface area contributed by atoms with E-state index >= 15 is 0 Å². The van der Waals surface area contributed by atoms with Gasteiger partial charge in [0.1, 0.15) is 11.5 Å². The van der Waals surface area contributed by atoms with Crippen LogP contribution in [0.15, 0.2) is 24.3 Å². The number of hydrogen-bond donors (Lipinski definition) is 0. The second-order valence-electron chi connectivity index (χ2n) is 4.06. The van der Waals surface area contributed by atoms with Crippen LogP contribution >= 0.6 is 0 Å². The van der Waals surface area contributed by atoms with Crippen molar-refractivity contribution >= 4 is 11.9 Å². The minimum Gasteiger partial charge on any atom is -0.494 e. The van der Waals surface area contributed by atoms with Crippen LogP contribution in [0.1, 0.15) is 37.7 Å². The number of hydrogen-bond acceptors (Lipinski definition) is 4. The highest BCUT2D eigenvalue weighted by Gasteiger charge is 2.23. The Labute approximate surface area is 106 Å². The van der Waals surface area contributed by atoms with Gasteiger partial charge in [-0.3, -0.25) is 4.79 Å². The van der Waals surface area contributed by atoms with Gasteiger partial charge in [0.2, 0.25) is 0 Å². The van der Waals surface area contributed by atoms with Crippen LogP contribution in [-0.2, 0) is 14.4 Å². The maximum atomic E-state index is 11.2. The van der Waals surface area contributed by atoms with Crippen molar-refractivity contribution in [3.63, 3.8) is 0 Å². The van der Waals surface area contributed by atoms with E-state index in [9.17, 15) is 4.79 Å². The molecule has 0 spiro atoms.